The van der Waals surface area contributed by atoms with E-state index < -0.39 is 0 Å². The van der Waals surface area contributed by atoms with Gasteiger partial charge in [-0.2, -0.15) is 11.3 Å². The summed E-state index contributed by atoms with van der Waals surface area (Å²) in [4.78, 5) is 12.3. The lowest BCUT2D eigenvalue weighted by atomic mass is 10.2. The lowest BCUT2D eigenvalue weighted by Gasteiger charge is -2.22. The fraction of sp³-hybridized carbons (Fsp3) is 0.200. The SMILES string of the molecule is CC(=NOCc1ccccc1)N(c1ccsc1)c1cc(C)cc(C)n1. The van der Waals surface area contributed by atoms with Crippen molar-refractivity contribution in [1.82, 2.24) is 4.98 Å². The van der Waals surface area contributed by atoms with Gasteiger partial charge in [-0.3, -0.25) is 4.90 Å². The Kier molecular flexibility index (Phi) is 5.46. The molecule has 0 N–H and O–H groups in total. The molecule has 2 aromatic heterocycles. The van der Waals surface area contributed by atoms with Gasteiger partial charge in [-0.25, -0.2) is 4.98 Å². The second-order valence-corrected chi connectivity index (χ2v) is 6.64. The molecule has 0 atom stereocenters. The highest BCUT2D eigenvalue weighted by Crippen LogP contribution is 2.27. The molecule has 0 radical (unpaired) electrons. The number of hydrogen-bond acceptors (Lipinski definition) is 4. The molecular weight excluding hydrogens is 330 g/mol. The molecule has 0 fully saturated rings. The predicted octanol–water partition coefficient (Wildman–Crippen LogP) is 5.45. The Labute approximate surface area is 152 Å². The molecule has 0 aliphatic rings. The van der Waals surface area contributed by atoms with Crippen LogP contribution in [-0.2, 0) is 11.4 Å². The summed E-state index contributed by atoms with van der Waals surface area (Å²) in [5.41, 5.74) is 4.27. The van der Waals surface area contributed by atoms with Gasteiger partial charge in [-0.1, -0.05) is 35.5 Å². The van der Waals surface area contributed by atoms with Crippen LogP contribution in [0.1, 0.15) is 23.7 Å². The summed E-state index contributed by atoms with van der Waals surface area (Å²) in [5, 5.41) is 8.44. The number of benzene rings is 1. The van der Waals surface area contributed by atoms with Crippen LogP contribution in [0.25, 0.3) is 0 Å². The largest absolute Gasteiger partial charge is 0.389 e. The van der Waals surface area contributed by atoms with Crippen molar-refractivity contribution in [1.29, 1.82) is 0 Å². The van der Waals surface area contributed by atoms with Gasteiger partial charge in [-0.15, -0.1) is 0 Å². The average molecular weight is 351 g/mol. The van der Waals surface area contributed by atoms with E-state index in [-0.39, 0.29) is 0 Å². The molecular formula is C20H21N3OS. The predicted molar refractivity (Wildman–Crippen MR) is 105 cm³/mol. The van der Waals surface area contributed by atoms with Crippen molar-refractivity contribution in [2.45, 2.75) is 27.4 Å². The maximum Gasteiger partial charge on any atom is 0.151 e. The Hall–Kier alpha value is -2.66. The number of rotatable bonds is 5. The number of amidine groups is 1. The van der Waals surface area contributed by atoms with Gasteiger partial charge in [0, 0.05) is 11.1 Å². The number of hydrogen-bond donors (Lipinski definition) is 0. The van der Waals surface area contributed by atoms with Crippen LogP contribution in [0.3, 0.4) is 0 Å². The first-order valence-electron chi connectivity index (χ1n) is 8.11. The Morgan fingerprint density at radius 3 is 2.64 bits per heavy atom. The number of anilines is 2. The van der Waals surface area contributed by atoms with E-state index in [2.05, 4.69) is 40.6 Å². The van der Waals surface area contributed by atoms with E-state index >= 15 is 0 Å². The fourth-order valence-corrected chi connectivity index (χ4v) is 3.24. The molecule has 5 heteroatoms. The third-order valence-corrected chi connectivity index (χ3v) is 4.34. The first-order chi connectivity index (χ1) is 12.1. The zero-order valence-electron chi connectivity index (χ0n) is 14.6. The molecule has 1 aromatic carbocycles. The Balaban J connectivity index is 1.85. The second-order valence-electron chi connectivity index (χ2n) is 5.86. The highest BCUT2D eigenvalue weighted by molar-refractivity contribution is 7.08. The van der Waals surface area contributed by atoms with Crippen LogP contribution in [0.4, 0.5) is 11.5 Å². The van der Waals surface area contributed by atoms with E-state index in [9.17, 15) is 0 Å². The molecule has 0 aliphatic carbocycles. The monoisotopic (exact) mass is 351 g/mol. The summed E-state index contributed by atoms with van der Waals surface area (Å²) in [5.74, 6) is 1.59. The molecule has 3 aromatic rings. The maximum absolute atomic E-state index is 5.56. The van der Waals surface area contributed by atoms with Gasteiger partial charge >= 0.3 is 0 Å². The molecule has 25 heavy (non-hydrogen) atoms. The van der Waals surface area contributed by atoms with Crippen LogP contribution in [0, 0.1) is 13.8 Å². The minimum atomic E-state index is 0.440. The molecule has 3 rings (SSSR count). The summed E-state index contributed by atoms with van der Waals surface area (Å²) in [6.45, 7) is 6.45. The van der Waals surface area contributed by atoms with Crippen LogP contribution in [0.5, 0.6) is 0 Å². The van der Waals surface area contributed by atoms with Crippen molar-refractivity contribution in [3.8, 4) is 0 Å². The first-order valence-corrected chi connectivity index (χ1v) is 9.06. The van der Waals surface area contributed by atoms with Crippen LogP contribution in [0.15, 0.2) is 64.4 Å². The Morgan fingerprint density at radius 1 is 1.16 bits per heavy atom. The van der Waals surface area contributed by atoms with Crippen molar-refractivity contribution in [2.24, 2.45) is 5.16 Å². The summed E-state index contributed by atoms with van der Waals surface area (Å²) in [6.07, 6.45) is 0. The summed E-state index contributed by atoms with van der Waals surface area (Å²) >= 11 is 1.64. The first kappa shape index (κ1) is 17.2. The molecule has 0 bridgehead atoms. The zero-order chi connectivity index (χ0) is 17.6. The van der Waals surface area contributed by atoms with Crippen LogP contribution >= 0.6 is 11.3 Å². The van der Waals surface area contributed by atoms with Crippen molar-refractivity contribution in [3.05, 3.63) is 76.1 Å². The summed E-state index contributed by atoms with van der Waals surface area (Å²) in [6, 6.07) is 16.2. The number of aryl methyl sites for hydroxylation is 2. The fourth-order valence-electron chi connectivity index (χ4n) is 2.62. The molecule has 0 amide bonds. The second kappa shape index (κ2) is 7.94. The average Bonchev–Trinajstić information content (AvgIpc) is 3.09. The highest BCUT2D eigenvalue weighted by atomic mass is 32.1. The molecule has 2 heterocycles. The van der Waals surface area contributed by atoms with Crippen LogP contribution in [0.2, 0.25) is 0 Å². The van der Waals surface area contributed by atoms with Gasteiger partial charge < -0.3 is 4.84 Å². The van der Waals surface area contributed by atoms with Gasteiger partial charge in [0.05, 0.1) is 5.69 Å². The molecule has 128 valence electrons. The van der Waals surface area contributed by atoms with Gasteiger partial charge in [0.25, 0.3) is 0 Å². The Morgan fingerprint density at radius 2 is 1.96 bits per heavy atom. The molecule has 0 aliphatic heterocycles. The van der Waals surface area contributed by atoms with Gasteiger partial charge in [0.1, 0.15) is 12.4 Å². The van der Waals surface area contributed by atoms with Crippen LogP contribution in [-0.4, -0.2) is 10.8 Å². The standard InChI is InChI=1S/C20H21N3OS/c1-15-11-16(2)21-20(12-15)23(19-9-10-25-14-19)17(3)22-24-13-18-7-5-4-6-8-18/h4-12,14H,13H2,1-3H3. The molecule has 0 saturated heterocycles. The highest BCUT2D eigenvalue weighted by Gasteiger charge is 2.16. The zero-order valence-corrected chi connectivity index (χ0v) is 15.5. The van der Waals surface area contributed by atoms with Crippen molar-refractivity contribution in [2.75, 3.05) is 4.90 Å². The third kappa shape index (κ3) is 4.45. The van der Waals surface area contributed by atoms with Crippen molar-refractivity contribution in [3.63, 3.8) is 0 Å². The van der Waals surface area contributed by atoms with E-state index in [4.69, 9.17) is 4.84 Å². The maximum atomic E-state index is 5.56. The van der Waals surface area contributed by atoms with E-state index in [1.165, 1.54) is 5.56 Å². The van der Waals surface area contributed by atoms with Gasteiger partial charge in [0.15, 0.2) is 5.84 Å². The topological polar surface area (TPSA) is 37.7 Å². The van der Waals surface area contributed by atoms with Crippen molar-refractivity contribution >= 4 is 28.7 Å². The lowest BCUT2D eigenvalue weighted by molar-refractivity contribution is 0.130. The molecule has 0 unspecified atom stereocenters. The van der Waals surface area contributed by atoms with E-state index in [0.717, 1.165) is 28.6 Å². The number of pyridine rings is 1. The quantitative estimate of drug-likeness (QED) is 0.348. The van der Waals surface area contributed by atoms with E-state index in [1.807, 2.05) is 54.5 Å². The third-order valence-electron chi connectivity index (χ3n) is 3.67. The number of aromatic nitrogens is 1. The van der Waals surface area contributed by atoms with Crippen molar-refractivity contribution < 1.29 is 4.84 Å². The number of thiophene rings is 1. The smallest absolute Gasteiger partial charge is 0.151 e. The molecule has 0 saturated carbocycles. The molecule has 0 spiro atoms. The minimum absolute atomic E-state index is 0.440. The summed E-state index contributed by atoms with van der Waals surface area (Å²) in [7, 11) is 0. The minimum Gasteiger partial charge on any atom is -0.389 e. The molecule has 4 nitrogen and oxygen atoms in total. The van der Waals surface area contributed by atoms with Gasteiger partial charge in [0.2, 0.25) is 0 Å². The normalized spacial score (nSPS) is 11.4. The van der Waals surface area contributed by atoms with E-state index in [0.29, 0.717) is 6.61 Å². The van der Waals surface area contributed by atoms with Gasteiger partial charge in [-0.05, 0) is 55.5 Å². The number of oxime groups is 1. The lowest BCUT2D eigenvalue weighted by Crippen LogP contribution is -2.24. The van der Waals surface area contributed by atoms with Crippen LogP contribution < -0.4 is 4.90 Å². The van der Waals surface area contributed by atoms with E-state index in [1.54, 1.807) is 11.3 Å². The summed E-state index contributed by atoms with van der Waals surface area (Å²) < 4.78 is 0. The Bertz CT molecular complexity index is 824. The number of nitrogens with zero attached hydrogens (tertiary/aromatic N) is 3.